The fourth-order valence-electron chi connectivity index (χ4n) is 17.2. The Kier molecular flexibility index (Phi) is 8.30. The van der Waals surface area contributed by atoms with Crippen LogP contribution < -0.4 is 9.80 Å². The third kappa shape index (κ3) is 5.17. The number of para-hydroxylation sites is 2. The second-order valence-corrected chi connectivity index (χ2v) is 23.9. The van der Waals surface area contributed by atoms with Crippen LogP contribution in [0.5, 0.6) is 0 Å². The summed E-state index contributed by atoms with van der Waals surface area (Å²) in [6, 6.07) is 80.6. The first-order valence-corrected chi connectivity index (χ1v) is 27.9. The Morgan fingerprint density at radius 3 is 1.44 bits per heavy atom. The van der Waals surface area contributed by atoms with Crippen LogP contribution in [0.4, 0.5) is 22.7 Å². The minimum atomic E-state index is -0.548. The highest BCUT2D eigenvalue weighted by atomic mass is 15.3. The lowest BCUT2D eigenvalue weighted by molar-refractivity contribution is 0.355. The summed E-state index contributed by atoms with van der Waals surface area (Å²) in [5.74, 6) is 2.11. The van der Waals surface area contributed by atoms with Crippen molar-refractivity contribution in [2.24, 2.45) is 11.8 Å². The van der Waals surface area contributed by atoms with Gasteiger partial charge in [0, 0.05) is 34.6 Å². The molecule has 0 radical (unpaired) electrons. The Morgan fingerprint density at radius 1 is 0.373 bits per heavy atom. The summed E-state index contributed by atoms with van der Waals surface area (Å²) in [6.45, 7) is 10.0. The molecule has 4 aliphatic carbocycles. The maximum atomic E-state index is 2.69. The van der Waals surface area contributed by atoms with E-state index in [1.54, 1.807) is 0 Å². The third-order valence-electron chi connectivity index (χ3n) is 20.9. The van der Waals surface area contributed by atoms with Crippen molar-refractivity contribution in [2.45, 2.75) is 81.7 Å². The van der Waals surface area contributed by atoms with Crippen LogP contribution in [0.25, 0.3) is 76.8 Å². The minimum Gasteiger partial charge on any atom is -0.334 e. The Labute approximate surface area is 440 Å². The molecule has 0 amide bonds. The van der Waals surface area contributed by atoms with E-state index in [9.17, 15) is 0 Å². The molecule has 6 aliphatic rings. The van der Waals surface area contributed by atoms with Gasteiger partial charge in [0.05, 0.1) is 16.5 Å². The molecule has 1 spiro atoms. The number of hydrogen-bond acceptors (Lipinski definition) is 2. The normalized spacial score (nSPS) is 25.2. The van der Waals surface area contributed by atoms with Crippen LogP contribution in [0.15, 0.2) is 206 Å². The summed E-state index contributed by atoms with van der Waals surface area (Å²) in [4.78, 5) is 5.38. The Balaban J connectivity index is 0.895. The van der Waals surface area contributed by atoms with Gasteiger partial charge in [-0.15, -0.1) is 0 Å². The van der Waals surface area contributed by atoms with Crippen LogP contribution in [0.2, 0.25) is 0 Å². The standard InChI is InChI=1S/C73H58N2/c1-43-22-34-60-58-38-47(29-36-66(58)74(71(43,60)3)52-16-7-5-8-17-52)49-27-31-54-55-32-28-50(48-30-37-67-59(39-48)61-35-23-44(2)72(61,4)75(67)53-18-9-6-10-19-53)41-64(55)73(63(54)40-49)62-21-12-11-20-56(62)70-57-33-26-46-15-13-14-45-24-25-51(42-65(70)73)69(57)68(45)46/h5-21,24-33,36-44,60-61H,22-23,34-35H2,1-4H3. The van der Waals surface area contributed by atoms with Crippen molar-refractivity contribution < 1.29 is 0 Å². The molecule has 75 heavy (non-hydrogen) atoms. The first kappa shape index (κ1) is 42.4. The lowest BCUT2D eigenvalue weighted by Crippen LogP contribution is -2.45. The van der Waals surface area contributed by atoms with Gasteiger partial charge >= 0.3 is 0 Å². The van der Waals surface area contributed by atoms with E-state index in [1.165, 1.54) is 159 Å². The summed E-state index contributed by atoms with van der Waals surface area (Å²) in [7, 11) is 0. The average Bonchev–Trinajstić information content (AvgIpc) is 4.29. The van der Waals surface area contributed by atoms with Crippen molar-refractivity contribution in [3.8, 4) is 44.5 Å². The van der Waals surface area contributed by atoms with Crippen LogP contribution in [-0.4, -0.2) is 11.1 Å². The van der Waals surface area contributed by atoms with Crippen molar-refractivity contribution >= 4 is 55.1 Å². The van der Waals surface area contributed by atoms with Crippen LogP contribution in [0, 0.1) is 11.8 Å². The minimum absolute atomic E-state index is 0.0276. The van der Waals surface area contributed by atoms with E-state index in [-0.39, 0.29) is 11.1 Å². The molecule has 6 atom stereocenters. The number of benzene rings is 11. The third-order valence-corrected chi connectivity index (χ3v) is 20.9. The van der Waals surface area contributed by atoms with E-state index < -0.39 is 5.41 Å². The number of hydrogen-bond donors (Lipinski definition) is 0. The highest BCUT2D eigenvalue weighted by Crippen LogP contribution is 2.67. The number of fused-ring (bicyclic) bond motifs is 17. The van der Waals surface area contributed by atoms with Crippen LogP contribution in [-0.2, 0) is 5.41 Å². The van der Waals surface area contributed by atoms with Gasteiger partial charge in [-0.2, -0.15) is 0 Å². The van der Waals surface area contributed by atoms with Crippen LogP contribution in [0.1, 0.15) is 98.6 Å². The Morgan fingerprint density at radius 2 is 0.867 bits per heavy atom. The van der Waals surface area contributed by atoms with Crippen molar-refractivity contribution in [3.63, 3.8) is 0 Å². The Bertz CT molecular complexity index is 4060. The number of rotatable bonds is 4. The smallest absolute Gasteiger partial charge is 0.0726 e. The molecule has 2 nitrogen and oxygen atoms in total. The zero-order valence-corrected chi connectivity index (χ0v) is 43.2. The average molecular weight is 963 g/mol. The van der Waals surface area contributed by atoms with Crippen LogP contribution >= 0.6 is 0 Å². The zero-order chi connectivity index (χ0) is 49.7. The number of nitrogens with zero attached hydrogens (tertiary/aromatic N) is 2. The lowest BCUT2D eigenvalue weighted by atomic mass is 9.69. The molecule has 0 aromatic heterocycles. The quantitative estimate of drug-likeness (QED) is 0.162. The van der Waals surface area contributed by atoms with Gasteiger partial charge in [0.2, 0.25) is 0 Å². The van der Waals surface area contributed by atoms with Gasteiger partial charge in [-0.25, -0.2) is 0 Å². The van der Waals surface area contributed by atoms with E-state index >= 15 is 0 Å². The van der Waals surface area contributed by atoms with Gasteiger partial charge in [-0.05, 0) is 228 Å². The molecule has 0 saturated heterocycles. The topological polar surface area (TPSA) is 6.48 Å². The van der Waals surface area contributed by atoms with Gasteiger partial charge < -0.3 is 9.80 Å². The predicted octanol–water partition coefficient (Wildman–Crippen LogP) is 19.1. The largest absolute Gasteiger partial charge is 0.334 e. The molecule has 2 saturated carbocycles. The highest BCUT2D eigenvalue weighted by Gasteiger charge is 2.57. The predicted molar refractivity (Wildman–Crippen MR) is 314 cm³/mol. The van der Waals surface area contributed by atoms with Crippen molar-refractivity contribution in [3.05, 3.63) is 240 Å². The van der Waals surface area contributed by atoms with Gasteiger partial charge in [0.15, 0.2) is 0 Å². The van der Waals surface area contributed by atoms with E-state index in [4.69, 9.17) is 0 Å². The maximum Gasteiger partial charge on any atom is 0.0726 e. The molecule has 11 aromatic rings. The molecule has 2 heterocycles. The molecule has 6 unspecified atom stereocenters. The van der Waals surface area contributed by atoms with Gasteiger partial charge in [-0.3, -0.25) is 0 Å². The lowest BCUT2D eigenvalue weighted by Gasteiger charge is -2.41. The molecule has 360 valence electrons. The highest BCUT2D eigenvalue weighted by molar-refractivity contribution is 6.27. The molecule has 2 fully saturated rings. The Hall–Kier alpha value is -7.94. The van der Waals surface area contributed by atoms with Crippen molar-refractivity contribution in [2.75, 3.05) is 9.80 Å². The fraction of sp³-hybridized carbons (Fsp3) is 0.205. The maximum absolute atomic E-state index is 2.69. The summed E-state index contributed by atoms with van der Waals surface area (Å²) in [5.41, 5.74) is 24.0. The van der Waals surface area contributed by atoms with Gasteiger partial charge in [0.25, 0.3) is 0 Å². The van der Waals surface area contributed by atoms with Crippen molar-refractivity contribution in [1.82, 2.24) is 0 Å². The van der Waals surface area contributed by atoms with Gasteiger partial charge in [0.1, 0.15) is 0 Å². The first-order valence-electron chi connectivity index (χ1n) is 27.9. The summed E-state index contributed by atoms with van der Waals surface area (Å²) < 4.78 is 0. The van der Waals surface area contributed by atoms with E-state index in [2.05, 4.69) is 244 Å². The first-order chi connectivity index (χ1) is 36.8. The van der Waals surface area contributed by atoms with E-state index in [0.29, 0.717) is 23.7 Å². The SMILES string of the molecule is CC1CCC2c3cc(-c4ccc5c(c4)C4(c6cc(-c7ccc8c(c7)C7CCC(C)C7(C)N8c7ccccc7)ccc6-5)c5ccccc5-c5c4cc4ccc6cccc7ccc5c4c67)ccc3N(c3ccccc3)C12C. The molecule has 2 heteroatoms. The second-order valence-electron chi connectivity index (χ2n) is 23.9. The molecule has 0 bridgehead atoms. The second kappa shape index (κ2) is 14.7. The summed E-state index contributed by atoms with van der Waals surface area (Å²) in [6.07, 6.45) is 4.92. The molecular formula is C73H58N2. The van der Waals surface area contributed by atoms with E-state index in [1.807, 2.05) is 0 Å². The van der Waals surface area contributed by atoms with Crippen LogP contribution in [0.3, 0.4) is 0 Å². The molecule has 2 aliphatic heterocycles. The van der Waals surface area contributed by atoms with Crippen molar-refractivity contribution in [1.29, 1.82) is 0 Å². The molecule has 0 N–H and O–H groups in total. The molecular weight excluding hydrogens is 905 g/mol. The fourth-order valence-corrected chi connectivity index (χ4v) is 17.2. The number of anilines is 4. The van der Waals surface area contributed by atoms with E-state index in [0.717, 1.165) is 0 Å². The molecule has 17 rings (SSSR count). The monoisotopic (exact) mass is 962 g/mol. The summed E-state index contributed by atoms with van der Waals surface area (Å²) in [5, 5.41) is 8.02. The summed E-state index contributed by atoms with van der Waals surface area (Å²) >= 11 is 0. The molecule has 11 aromatic carbocycles. The zero-order valence-electron chi connectivity index (χ0n) is 43.2. The van der Waals surface area contributed by atoms with Gasteiger partial charge in [-0.1, -0.05) is 153 Å².